The van der Waals surface area contributed by atoms with Gasteiger partial charge in [0, 0.05) is 18.5 Å². The first-order valence-corrected chi connectivity index (χ1v) is 10.0. The summed E-state index contributed by atoms with van der Waals surface area (Å²) in [5, 5.41) is 10.0. The van der Waals surface area contributed by atoms with E-state index in [2.05, 4.69) is 16.8 Å². The summed E-state index contributed by atoms with van der Waals surface area (Å²) in [6.45, 7) is 4.39. The second-order valence-corrected chi connectivity index (χ2v) is 7.56. The van der Waals surface area contributed by atoms with Gasteiger partial charge in [0.15, 0.2) is 10.9 Å². The van der Waals surface area contributed by atoms with Crippen molar-refractivity contribution in [3.05, 3.63) is 88.2 Å². The first kappa shape index (κ1) is 19.7. The molecule has 0 aliphatic rings. The lowest BCUT2D eigenvalue weighted by Crippen LogP contribution is -2.07. The number of carbonyl (C=O) groups is 1. The monoisotopic (exact) mass is 417 g/mol. The van der Waals surface area contributed by atoms with Crippen molar-refractivity contribution >= 4 is 40.7 Å². The van der Waals surface area contributed by atoms with E-state index in [1.807, 2.05) is 34.9 Å². The Morgan fingerprint density at radius 1 is 1.11 bits per heavy atom. The number of allylic oxidation sites excluding steroid dienone is 1. The van der Waals surface area contributed by atoms with E-state index in [1.54, 1.807) is 24.3 Å². The van der Waals surface area contributed by atoms with Crippen LogP contribution in [0.5, 0.6) is 0 Å². The van der Waals surface area contributed by atoms with Crippen molar-refractivity contribution in [3.63, 3.8) is 0 Å². The zero-order valence-electron chi connectivity index (χ0n) is 14.4. The van der Waals surface area contributed by atoms with Crippen LogP contribution in [0.2, 0.25) is 10.0 Å². The first-order chi connectivity index (χ1) is 13.1. The summed E-state index contributed by atoms with van der Waals surface area (Å²) in [6.07, 6.45) is 2.46. The summed E-state index contributed by atoms with van der Waals surface area (Å²) < 4.78 is 1.98. The van der Waals surface area contributed by atoms with Gasteiger partial charge in [-0.15, -0.1) is 16.8 Å². The molecule has 3 aromatic rings. The number of aromatic nitrogens is 3. The number of hydrogen-bond acceptors (Lipinski definition) is 4. The molecule has 1 heterocycles. The molecule has 0 atom stereocenters. The fourth-order valence-electron chi connectivity index (χ4n) is 2.53. The molecule has 1 aromatic heterocycles. The molecule has 0 saturated carbocycles. The summed E-state index contributed by atoms with van der Waals surface area (Å²) in [5.41, 5.74) is 1.68. The minimum Gasteiger partial charge on any atom is -0.302 e. The van der Waals surface area contributed by atoms with Crippen molar-refractivity contribution in [2.75, 3.05) is 5.75 Å². The SMILES string of the molecule is C=CCn1c(Cc2ccccc2)nnc1SCC(=O)c1ccc(Cl)c(Cl)c1. The maximum atomic E-state index is 12.4. The van der Waals surface area contributed by atoms with Crippen LogP contribution in [0.25, 0.3) is 0 Å². The Kier molecular flexibility index (Phi) is 6.72. The summed E-state index contributed by atoms with van der Waals surface area (Å²) in [7, 11) is 0. The maximum Gasteiger partial charge on any atom is 0.191 e. The number of rotatable bonds is 8. The van der Waals surface area contributed by atoms with E-state index in [4.69, 9.17) is 23.2 Å². The van der Waals surface area contributed by atoms with E-state index in [9.17, 15) is 4.79 Å². The average molecular weight is 418 g/mol. The Balaban J connectivity index is 1.73. The molecule has 0 saturated heterocycles. The molecule has 0 N–H and O–H groups in total. The number of Topliss-reactive ketones (excluding diaryl/α,β-unsaturated/α-hetero) is 1. The van der Waals surface area contributed by atoms with Gasteiger partial charge < -0.3 is 4.57 Å². The van der Waals surface area contributed by atoms with Gasteiger partial charge in [0.1, 0.15) is 5.82 Å². The highest BCUT2D eigenvalue weighted by atomic mass is 35.5. The second-order valence-electron chi connectivity index (χ2n) is 5.80. The summed E-state index contributed by atoms with van der Waals surface area (Å²) in [6, 6.07) is 15.0. The fourth-order valence-corrected chi connectivity index (χ4v) is 3.69. The van der Waals surface area contributed by atoms with Crippen LogP contribution in [-0.4, -0.2) is 26.3 Å². The van der Waals surface area contributed by atoms with Crippen LogP contribution in [0.3, 0.4) is 0 Å². The summed E-state index contributed by atoms with van der Waals surface area (Å²) in [4.78, 5) is 12.4. The maximum absolute atomic E-state index is 12.4. The quantitative estimate of drug-likeness (QED) is 0.282. The third kappa shape index (κ3) is 5.01. The third-order valence-electron chi connectivity index (χ3n) is 3.88. The molecule has 0 aliphatic heterocycles. The summed E-state index contributed by atoms with van der Waals surface area (Å²) >= 11 is 13.2. The molecule has 27 heavy (non-hydrogen) atoms. The van der Waals surface area contributed by atoms with Gasteiger partial charge >= 0.3 is 0 Å². The minimum atomic E-state index is -0.0451. The van der Waals surface area contributed by atoms with Crippen molar-refractivity contribution in [2.24, 2.45) is 0 Å². The number of carbonyl (C=O) groups excluding carboxylic acids is 1. The van der Waals surface area contributed by atoms with E-state index in [0.29, 0.717) is 33.7 Å². The normalized spacial score (nSPS) is 10.7. The standard InChI is InChI=1S/C20H17Cl2N3OS/c1-2-10-25-19(11-14-6-4-3-5-7-14)23-24-20(25)27-13-18(26)15-8-9-16(21)17(22)12-15/h2-9,12H,1,10-11,13H2. The lowest BCUT2D eigenvalue weighted by atomic mass is 10.1. The van der Waals surface area contributed by atoms with Crippen LogP contribution in [0.4, 0.5) is 0 Å². The van der Waals surface area contributed by atoms with E-state index >= 15 is 0 Å². The van der Waals surface area contributed by atoms with Gasteiger partial charge in [-0.3, -0.25) is 4.79 Å². The molecule has 4 nitrogen and oxygen atoms in total. The van der Waals surface area contributed by atoms with Crippen molar-refractivity contribution in [3.8, 4) is 0 Å². The molecule has 0 bridgehead atoms. The van der Waals surface area contributed by atoms with Crippen LogP contribution in [0, 0.1) is 0 Å². The van der Waals surface area contributed by atoms with Gasteiger partial charge in [-0.1, -0.05) is 71.4 Å². The van der Waals surface area contributed by atoms with Crippen LogP contribution in [0.15, 0.2) is 66.3 Å². The van der Waals surface area contributed by atoms with Crippen molar-refractivity contribution in [2.45, 2.75) is 18.1 Å². The number of halogens is 2. The lowest BCUT2D eigenvalue weighted by molar-refractivity contribution is 0.102. The Morgan fingerprint density at radius 3 is 2.59 bits per heavy atom. The van der Waals surface area contributed by atoms with Gasteiger partial charge in [0.25, 0.3) is 0 Å². The van der Waals surface area contributed by atoms with Gasteiger partial charge in [0.05, 0.1) is 15.8 Å². The van der Waals surface area contributed by atoms with E-state index in [1.165, 1.54) is 11.8 Å². The van der Waals surface area contributed by atoms with E-state index in [-0.39, 0.29) is 11.5 Å². The molecule has 0 radical (unpaired) electrons. The van der Waals surface area contributed by atoms with Crippen LogP contribution < -0.4 is 0 Å². The molecule has 0 spiro atoms. The molecule has 3 rings (SSSR count). The van der Waals surface area contributed by atoms with Crippen LogP contribution >= 0.6 is 35.0 Å². The largest absolute Gasteiger partial charge is 0.302 e. The van der Waals surface area contributed by atoms with Gasteiger partial charge in [-0.25, -0.2) is 0 Å². The predicted molar refractivity (Wildman–Crippen MR) is 111 cm³/mol. The fraction of sp³-hybridized carbons (Fsp3) is 0.150. The highest BCUT2D eigenvalue weighted by Crippen LogP contribution is 2.25. The summed E-state index contributed by atoms with van der Waals surface area (Å²) in [5.74, 6) is 1.03. The smallest absolute Gasteiger partial charge is 0.191 e. The molecule has 0 amide bonds. The second kappa shape index (κ2) is 9.22. The zero-order chi connectivity index (χ0) is 19.2. The molecule has 0 fully saturated rings. The Bertz CT molecular complexity index is 957. The number of hydrogen-bond donors (Lipinski definition) is 0. The average Bonchev–Trinajstić information content (AvgIpc) is 3.05. The molecule has 0 unspecified atom stereocenters. The van der Waals surface area contributed by atoms with Gasteiger partial charge in [-0.2, -0.15) is 0 Å². The lowest BCUT2D eigenvalue weighted by Gasteiger charge is -2.08. The zero-order valence-corrected chi connectivity index (χ0v) is 16.8. The molecular formula is C20H17Cl2N3OS. The molecule has 2 aromatic carbocycles. The third-order valence-corrected chi connectivity index (χ3v) is 5.59. The number of thioether (sulfide) groups is 1. The Labute approximate surface area is 172 Å². The minimum absolute atomic E-state index is 0.0451. The number of ketones is 1. The first-order valence-electron chi connectivity index (χ1n) is 8.26. The van der Waals surface area contributed by atoms with Gasteiger partial charge in [0.2, 0.25) is 0 Å². The topological polar surface area (TPSA) is 47.8 Å². The van der Waals surface area contributed by atoms with Crippen LogP contribution in [-0.2, 0) is 13.0 Å². The van der Waals surface area contributed by atoms with Crippen molar-refractivity contribution < 1.29 is 4.79 Å². The molecule has 138 valence electrons. The predicted octanol–water partition coefficient (Wildman–Crippen LogP) is 5.34. The van der Waals surface area contributed by atoms with Crippen LogP contribution in [0.1, 0.15) is 21.7 Å². The van der Waals surface area contributed by atoms with E-state index < -0.39 is 0 Å². The molecular weight excluding hydrogens is 401 g/mol. The Hall–Kier alpha value is -2.08. The highest BCUT2D eigenvalue weighted by Gasteiger charge is 2.15. The highest BCUT2D eigenvalue weighted by molar-refractivity contribution is 7.99. The molecule has 0 aliphatic carbocycles. The van der Waals surface area contributed by atoms with E-state index in [0.717, 1.165) is 11.4 Å². The number of benzene rings is 2. The van der Waals surface area contributed by atoms with Gasteiger partial charge in [-0.05, 0) is 23.8 Å². The van der Waals surface area contributed by atoms with Crippen molar-refractivity contribution in [1.29, 1.82) is 0 Å². The Morgan fingerprint density at radius 2 is 1.89 bits per heavy atom. The molecule has 7 heteroatoms. The number of nitrogens with zero attached hydrogens (tertiary/aromatic N) is 3. The van der Waals surface area contributed by atoms with Crippen molar-refractivity contribution in [1.82, 2.24) is 14.8 Å².